The second-order valence-electron chi connectivity index (χ2n) is 22.9. The monoisotopic (exact) mass is 2270 g/mol. The van der Waals surface area contributed by atoms with E-state index >= 15 is 0 Å². The van der Waals surface area contributed by atoms with Gasteiger partial charge < -0.3 is 34.5 Å². The maximum Gasteiger partial charge on any atom is 0.354 e. The molecular weight excluding hydrogens is 2200 g/mol. The SMILES string of the molecule is CC(=O)C=C(C)O.CC(C)(C)c1ccnc(-c2[c-]cccc2)c1.Cc1cccc(C)c1-c1cnc2c3[c-]cccc3c3ccccc3n12.Cc1ccnc(-c2[c-]cc(F)cc2F)c1.Fc1c[c-]c(-c2ccccn2)c(F)c1.O=C(O)c1ccccn1.[Ir].[Ir].[Ir].[Ir].[Ir].[c-]1ccccc1-c1ccccn1. The van der Waals surface area contributed by atoms with Gasteiger partial charge in [0.25, 0.3) is 0 Å². The normalized spacial score (nSPS) is 10.2. The number of benzene rings is 7. The average molecular weight is 2260 g/mol. The van der Waals surface area contributed by atoms with Crippen LogP contribution in [0, 0.1) is 74.4 Å². The smallest absolute Gasteiger partial charge is 0.354 e. The summed E-state index contributed by atoms with van der Waals surface area (Å²) in [4.78, 5) is 45.1. The molecule has 5 radical (unpaired) electrons. The van der Waals surface area contributed by atoms with Crippen LogP contribution in [0.4, 0.5) is 17.6 Å². The number of imidazole rings is 1. The van der Waals surface area contributed by atoms with Gasteiger partial charge in [0, 0.05) is 178 Å². The summed E-state index contributed by atoms with van der Waals surface area (Å²) < 4.78 is 54.1. The third kappa shape index (κ3) is 26.1. The van der Waals surface area contributed by atoms with E-state index in [-0.39, 0.29) is 134 Å². The third-order valence-electron chi connectivity index (χ3n) is 14.4. The van der Waals surface area contributed by atoms with Crippen molar-refractivity contribution in [3.63, 3.8) is 0 Å². The molecule has 14 aromatic rings. The van der Waals surface area contributed by atoms with Crippen molar-refractivity contribution in [3.8, 4) is 56.3 Å². The van der Waals surface area contributed by atoms with E-state index in [0.29, 0.717) is 11.4 Å². The van der Waals surface area contributed by atoms with Gasteiger partial charge in [0.1, 0.15) is 5.69 Å². The molecule has 0 bridgehead atoms. The van der Waals surface area contributed by atoms with Gasteiger partial charge in [0.15, 0.2) is 5.78 Å². The van der Waals surface area contributed by atoms with E-state index in [0.717, 1.165) is 69.1 Å². The van der Waals surface area contributed by atoms with Crippen LogP contribution >= 0.6 is 0 Å². The molecule has 7 aromatic heterocycles. The average Bonchev–Trinajstić information content (AvgIpc) is 1.61. The zero-order valence-corrected chi connectivity index (χ0v) is 68.7. The number of nitrogens with zero attached hydrogens (tertiary/aromatic N) is 7. The maximum absolute atomic E-state index is 13.4. The molecule has 2 N–H and O–H groups in total. The molecule has 0 amide bonds. The van der Waals surface area contributed by atoms with E-state index < -0.39 is 29.2 Å². The van der Waals surface area contributed by atoms with Gasteiger partial charge in [-0.3, -0.25) is 27.3 Å². The molecule has 0 aliphatic carbocycles. The van der Waals surface area contributed by atoms with Crippen LogP contribution in [0.25, 0.3) is 83.6 Å². The van der Waals surface area contributed by atoms with Crippen LogP contribution in [0.5, 0.6) is 0 Å². The zero-order chi connectivity index (χ0) is 70.1. The minimum Gasteiger partial charge on any atom is -0.512 e. The number of aliphatic hydroxyl groups is 1. The van der Waals surface area contributed by atoms with Crippen molar-refractivity contribution in [1.82, 2.24) is 34.3 Å². The first-order valence-electron chi connectivity index (χ1n) is 30.8. The number of pyridine rings is 6. The van der Waals surface area contributed by atoms with E-state index in [4.69, 9.17) is 15.2 Å². The number of carboxylic acids is 1. The largest absolute Gasteiger partial charge is 0.512 e. The van der Waals surface area contributed by atoms with Crippen molar-refractivity contribution < 1.29 is 138 Å². The molecule has 0 unspecified atom stereocenters. The van der Waals surface area contributed by atoms with Crippen LogP contribution in [-0.2, 0) is 111 Å². The van der Waals surface area contributed by atoms with Gasteiger partial charge in [-0.2, -0.15) is 0 Å². The molecule has 0 saturated carbocycles. The molecule has 20 heteroatoms. The summed E-state index contributed by atoms with van der Waals surface area (Å²) in [6, 6.07) is 79.0. The fourth-order valence-electron chi connectivity index (χ4n) is 9.83. The molecule has 7 heterocycles. The van der Waals surface area contributed by atoms with Crippen LogP contribution in [0.1, 0.15) is 67.4 Å². The standard InChI is InChI=1S/C23H17N2.C15H16N.C12H8F2N.C11H6F2N.C11H8N.C6H5NO2.C5H8O2.5Ir/c1-15-8-7-9-16(2)22(15)21-14-24-23-19-12-4-3-10-17(19)18-11-5-6-13-20(18)25(21)23;1-15(2,3)13-9-10-16-14(11-13)12-7-5-4-6-8-12;1-8-4-5-15-12(6-8)10-3-2-9(13)7-11(10)14;12-8-4-5-9(10(13)7-8)11-3-1-2-6-14-11;1-2-6-10(7-3-1)11-8-4-5-9-12-11;8-6(9)5-3-1-2-4-7-5;1-4(6)3-5(2)7;;;;;/h3-11,13-14H,1-2H3;4-7,9-11H,1-3H3;2,4-7H,1H3;1-4,6-7H;1-6,8-9H;1-4H,(H,8,9);3,6H,1-2H3;;;;;/q5*-1;;;;;;;. The zero-order valence-electron chi connectivity index (χ0n) is 56.8. The number of rotatable bonds is 7. The molecule has 0 fully saturated rings. The van der Waals surface area contributed by atoms with Crippen LogP contribution in [-0.4, -0.2) is 56.3 Å². The van der Waals surface area contributed by atoms with Gasteiger partial charge in [0.2, 0.25) is 0 Å². The van der Waals surface area contributed by atoms with Gasteiger partial charge in [0.05, 0.1) is 17.1 Å². The van der Waals surface area contributed by atoms with Crippen molar-refractivity contribution in [2.24, 2.45) is 0 Å². The van der Waals surface area contributed by atoms with Crippen molar-refractivity contribution in [2.75, 3.05) is 0 Å². The number of aromatic carboxylic acids is 1. The third-order valence-corrected chi connectivity index (χ3v) is 14.4. The Morgan fingerprint density at radius 3 is 1.48 bits per heavy atom. The van der Waals surface area contributed by atoms with Crippen molar-refractivity contribution in [1.29, 1.82) is 0 Å². The first-order chi connectivity index (χ1) is 47.2. The molecule has 7 aromatic carbocycles. The summed E-state index contributed by atoms with van der Waals surface area (Å²) in [5.41, 5.74) is 14.9. The Labute approximate surface area is 665 Å². The van der Waals surface area contributed by atoms with Crippen LogP contribution in [0.15, 0.2) is 261 Å². The minimum atomic E-state index is -0.990. The van der Waals surface area contributed by atoms with E-state index in [1.54, 1.807) is 55.0 Å². The number of allylic oxidation sites excluding steroid dienone is 2. The fraction of sp³-hybridized carbons (Fsp3) is 0.108. The molecule has 0 spiro atoms. The summed E-state index contributed by atoms with van der Waals surface area (Å²) in [6.45, 7) is 15.7. The number of aliphatic hydroxyl groups excluding tert-OH is 1. The van der Waals surface area contributed by atoms with Gasteiger partial charge in [-0.15, -0.1) is 126 Å². The first kappa shape index (κ1) is 88.4. The number of aromatic nitrogens is 7. The summed E-state index contributed by atoms with van der Waals surface area (Å²) >= 11 is 0. The van der Waals surface area contributed by atoms with Gasteiger partial charge >= 0.3 is 5.97 Å². The quantitative estimate of drug-likeness (QED) is 0.0518. The second kappa shape index (κ2) is 44.0. The number of halogens is 4. The predicted octanol–water partition coefficient (Wildman–Crippen LogP) is 19.9. The Morgan fingerprint density at radius 2 is 0.981 bits per heavy atom. The van der Waals surface area contributed by atoms with Gasteiger partial charge in [-0.25, -0.2) is 9.78 Å². The first-order valence-corrected chi connectivity index (χ1v) is 30.8. The number of fused-ring (bicyclic) bond motifs is 6. The predicted molar refractivity (Wildman–Crippen MR) is 380 cm³/mol. The van der Waals surface area contributed by atoms with Crippen molar-refractivity contribution in [3.05, 3.63) is 343 Å². The summed E-state index contributed by atoms with van der Waals surface area (Å²) in [5, 5.41) is 20.2. The Hall–Kier alpha value is -8.85. The molecule has 103 heavy (non-hydrogen) atoms. The Balaban J connectivity index is 0.000000320. The number of ketones is 1. The van der Waals surface area contributed by atoms with E-state index in [1.165, 1.54) is 70.7 Å². The number of para-hydroxylation sites is 1. The van der Waals surface area contributed by atoms with Gasteiger partial charge in [-0.05, 0) is 127 Å². The number of carbonyl (C=O) groups is 2. The van der Waals surface area contributed by atoms with E-state index in [1.807, 2.05) is 104 Å². The molecule has 14 rings (SSSR count). The summed E-state index contributed by atoms with van der Waals surface area (Å²) in [5.74, 6) is -3.62. The molecule has 0 aliphatic rings. The molecule has 0 aliphatic heterocycles. The Kier molecular flexibility index (Phi) is 37.7. The van der Waals surface area contributed by atoms with Gasteiger partial charge in [-0.1, -0.05) is 134 Å². The van der Waals surface area contributed by atoms with E-state index in [9.17, 15) is 27.2 Å². The number of hydrogen-bond acceptors (Lipinski definition) is 9. The van der Waals surface area contributed by atoms with Crippen LogP contribution in [0.3, 0.4) is 0 Å². The second-order valence-corrected chi connectivity index (χ2v) is 22.9. The topological polar surface area (TPSA) is 156 Å². The van der Waals surface area contributed by atoms with Crippen LogP contribution < -0.4 is 0 Å². The number of carbonyl (C=O) groups excluding carboxylic acids is 1. The van der Waals surface area contributed by atoms with Crippen molar-refractivity contribution in [2.45, 2.75) is 60.8 Å². The summed E-state index contributed by atoms with van der Waals surface area (Å²) in [6.07, 6.45) is 11.4. The molecule has 11 nitrogen and oxygen atoms in total. The fourth-order valence-corrected chi connectivity index (χ4v) is 9.83. The van der Waals surface area contributed by atoms with Crippen LogP contribution in [0.2, 0.25) is 0 Å². The minimum absolute atomic E-state index is 0. The Morgan fingerprint density at radius 1 is 0.476 bits per heavy atom. The van der Waals surface area contributed by atoms with E-state index in [2.05, 4.69) is 155 Å². The summed E-state index contributed by atoms with van der Waals surface area (Å²) in [7, 11) is 0. The molecule has 0 atom stereocenters. The number of hydrogen-bond donors (Lipinski definition) is 2. The maximum atomic E-state index is 13.4. The molecular formula is C83H68F4Ir5N7O4-5. The van der Waals surface area contributed by atoms with Crippen molar-refractivity contribution >= 4 is 39.1 Å². The molecule has 0 saturated heterocycles. The molecule has 537 valence electrons. The number of carboxylic acid groups (broad SMARTS) is 1. The Bertz CT molecular complexity index is 4930. The number of aryl methyl sites for hydroxylation is 3.